The van der Waals surface area contributed by atoms with E-state index in [0.717, 1.165) is 10.6 Å². The molecule has 0 aliphatic carbocycles. The zero-order chi connectivity index (χ0) is 16.1. The van der Waals surface area contributed by atoms with Gasteiger partial charge in [-0.3, -0.25) is 9.59 Å². The van der Waals surface area contributed by atoms with Crippen LogP contribution in [0.5, 0.6) is 0 Å². The summed E-state index contributed by atoms with van der Waals surface area (Å²) in [5.41, 5.74) is 1.31. The molecular formula is C15H13N3O3S2. The standard InChI is InChI=1S/C15H13N3O3S2/c19-13(16-6-11-2-1-4-21-11)7-17-14(20)12-9-23-15(18-12)10-3-5-22-8-10/h1-5,8-9H,6-7H2,(H,16,19)(H,17,20). The topological polar surface area (TPSA) is 84.2 Å². The fourth-order valence-electron chi connectivity index (χ4n) is 1.81. The molecule has 3 rings (SSSR count). The van der Waals surface area contributed by atoms with Crippen molar-refractivity contribution in [3.63, 3.8) is 0 Å². The van der Waals surface area contributed by atoms with Crippen molar-refractivity contribution in [3.8, 4) is 10.6 Å². The Morgan fingerprint density at radius 1 is 1.22 bits per heavy atom. The number of thiophene rings is 1. The fourth-order valence-corrected chi connectivity index (χ4v) is 3.32. The van der Waals surface area contributed by atoms with Crippen LogP contribution in [0.3, 0.4) is 0 Å². The van der Waals surface area contributed by atoms with Crippen LogP contribution in [0.25, 0.3) is 10.6 Å². The highest BCUT2D eigenvalue weighted by atomic mass is 32.1. The van der Waals surface area contributed by atoms with Gasteiger partial charge in [-0.25, -0.2) is 4.98 Å². The van der Waals surface area contributed by atoms with Gasteiger partial charge in [-0.2, -0.15) is 11.3 Å². The van der Waals surface area contributed by atoms with Crippen molar-refractivity contribution in [1.29, 1.82) is 0 Å². The number of rotatable bonds is 6. The van der Waals surface area contributed by atoms with E-state index in [1.807, 2.05) is 16.8 Å². The average molecular weight is 347 g/mol. The van der Waals surface area contributed by atoms with Gasteiger partial charge in [0.2, 0.25) is 5.91 Å². The molecule has 0 fully saturated rings. The molecule has 8 heteroatoms. The Kier molecular flexibility index (Phi) is 4.84. The van der Waals surface area contributed by atoms with Crippen molar-refractivity contribution in [2.45, 2.75) is 6.54 Å². The highest BCUT2D eigenvalue weighted by molar-refractivity contribution is 7.14. The molecule has 2 amide bonds. The van der Waals surface area contributed by atoms with E-state index < -0.39 is 0 Å². The number of amides is 2. The molecule has 3 heterocycles. The molecule has 3 aromatic rings. The molecule has 0 spiro atoms. The number of hydrogen-bond donors (Lipinski definition) is 2. The van der Waals surface area contributed by atoms with E-state index >= 15 is 0 Å². The van der Waals surface area contributed by atoms with E-state index in [9.17, 15) is 9.59 Å². The molecule has 0 atom stereocenters. The van der Waals surface area contributed by atoms with Crippen LogP contribution < -0.4 is 10.6 Å². The number of thiazole rings is 1. The number of carbonyl (C=O) groups excluding carboxylic acids is 2. The van der Waals surface area contributed by atoms with Crippen LogP contribution in [0.15, 0.2) is 45.0 Å². The second-order valence-corrected chi connectivity index (χ2v) is 6.23. The molecule has 0 unspecified atom stereocenters. The first-order valence-electron chi connectivity index (χ1n) is 6.78. The third-order valence-corrected chi connectivity index (χ3v) is 4.53. The number of aromatic nitrogens is 1. The molecule has 6 nitrogen and oxygen atoms in total. The highest BCUT2D eigenvalue weighted by Crippen LogP contribution is 2.25. The monoisotopic (exact) mass is 347 g/mol. The Morgan fingerprint density at radius 2 is 2.13 bits per heavy atom. The van der Waals surface area contributed by atoms with Crippen molar-refractivity contribution in [2.75, 3.05) is 6.54 Å². The Bertz CT molecular complexity index is 779. The second-order valence-electron chi connectivity index (χ2n) is 4.59. The second kappa shape index (κ2) is 7.21. The summed E-state index contributed by atoms with van der Waals surface area (Å²) in [4.78, 5) is 28.0. The fraction of sp³-hybridized carbons (Fsp3) is 0.133. The minimum absolute atomic E-state index is 0.106. The minimum atomic E-state index is -0.365. The summed E-state index contributed by atoms with van der Waals surface area (Å²) in [5.74, 6) is 0.00324. The van der Waals surface area contributed by atoms with Gasteiger partial charge in [0.05, 0.1) is 19.4 Å². The first kappa shape index (κ1) is 15.4. The third kappa shape index (κ3) is 4.05. The molecule has 0 aliphatic heterocycles. The van der Waals surface area contributed by atoms with E-state index in [4.69, 9.17) is 4.42 Å². The predicted octanol–water partition coefficient (Wildman–Crippen LogP) is 2.51. The van der Waals surface area contributed by atoms with Crippen LogP contribution in [0.4, 0.5) is 0 Å². The van der Waals surface area contributed by atoms with Gasteiger partial charge in [0.25, 0.3) is 5.91 Å². The smallest absolute Gasteiger partial charge is 0.271 e. The van der Waals surface area contributed by atoms with Gasteiger partial charge in [0.15, 0.2) is 0 Å². The van der Waals surface area contributed by atoms with Crippen molar-refractivity contribution in [3.05, 3.63) is 52.1 Å². The van der Waals surface area contributed by atoms with Gasteiger partial charge in [0.1, 0.15) is 16.5 Å². The van der Waals surface area contributed by atoms with Crippen LogP contribution in [-0.2, 0) is 11.3 Å². The summed E-state index contributed by atoms with van der Waals surface area (Å²) in [7, 11) is 0. The maximum atomic E-state index is 12.0. The maximum absolute atomic E-state index is 12.0. The largest absolute Gasteiger partial charge is 0.467 e. The number of carbonyl (C=O) groups is 2. The first-order chi connectivity index (χ1) is 11.2. The van der Waals surface area contributed by atoms with Crippen molar-refractivity contribution >= 4 is 34.5 Å². The summed E-state index contributed by atoms with van der Waals surface area (Å²) in [6.45, 7) is 0.186. The summed E-state index contributed by atoms with van der Waals surface area (Å²) in [5, 5.41) is 11.6. The zero-order valence-electron chi connectivity index (χ0n) is 11.9. The Morgan fingerprint density at radius 3 is 2.87 bits per heavy atom. The number of nitrogens with zero attached hydrogens (tertiary/aromatic N) is 1. The molecule has 0 bridgehead atoms. The maximum Gasteiger partial charge on any atom is 0.271 e. The molecular weight excluding hydrogens is 334 g/mol. The normalized spacial score (nSPS) is 10.4. The first-order valence-corrected chi connectivity index (χ1v) is 8.60. The quantitative estimate of drug-likeness (QED) is 0.717. The third-order valence-electron chi connectivity index (χ3n) is 2.95. The SMILES string of the molecule is O=C(CNC(=O)c1csc(-c2ccsc2)n1)NCc1ccco1. The molecule has 0 aliphatic rings. The van der Waals surface area contributed by atoms with E-state index in [-0.39, 0.29) is 18.4 Å². The van der Waals surface area contributed by atoms with Crippen LogP contribution in [0, 0.1) is 0 Å². The average Bonchev–Trinajstić information content (AvgIpc) is 3.31. The van der Waals surface area contributed by atoms with Crippen molar-refractivity contribution in [1.82, 2.24) is 15.6 Å². The van der Waals surface area contributed by atoms with E-state index in [2.05, 4.69) is 15.6 Å². The highest BCUT2D eigenvalue weighted by Gasteiger charge is 2.13. The number of furan rings is 1. The Labute approximate surface area is 140 Å². The van der Waals surface area contributed by atoms with Crippen molar-refractivity contribution < 1.29 is 14.0 Å². The van der Waals surface area contributed by atoms with Gasteiger partial charge < -0.3 is 15.1 Å². The lowest BCUT2D eigenvalue weighted by atomic mass is 10.3. The van der Waals surface area contributed by atoms with E-state index in [1.54, 1.807) is 28.8 Å². The summed E-state index contributed by atoms with van der Waals surface area (Å²) < 4.78 is 5.11. The van der Waals surface area contributed by atoms with Crippen LogP contribution in [0.1, 0.15) is 16.2 Å². The molecule has 0 radical (unpaired) electrons. The predicted molar refractivity (Wildman–Crippen MR) is 88.3 cm³/mol. The van der Waals surface area contributed by atoms with Crippen LogP contribution in [-0.4, -0.2) is 23.3 Å². The van der Waals surface area contributed by atoms with Gasteiger partial charge in [0, 0.05) is 16.3 Å². The van der Waals surface area contributed by atoms with Gasteiger partial charge in [-0.1, -0.05) is 0 Å². The molecule has 0 saturated heterocycles. The molecule has 3 aromatic heterocycles. The Hall–Kier alpha value is -2.45. The van der Waals surface area contributed by atoms with Crippen LogP contribution >= 0.6 is 22.7 Å². The lowest BCUT2D eigenvalue weighted by molar-refractivity contribution is -0.120. The van der Waals surface area contributed by atoms with E-state index in [0.29, 0.717) is 18.0 Å². The number of nitrogens with one attached hydrogen (secondary N) is 2. The molecule has 0 aromatic carbocycles. The number of hydrogen-bond acceptors (Lipinski definition) is 6. The Balaban J connectivity index is 1.48. The molecule has 0 saturated carbocycles. The summed E-state index contributed by atoms with van der Waals surface area (Å²) in [6.07, 6.45) is 1.54. The summed E-state index contributed by atoms with van der Waals surface area (Å²) >= 11 is 2.98. The molecule has 118 valence electrons. The van der Waals surface area contributed by atoms with Gasteiger partial charge >= 0.3 is 0 Å². The molecule has 2 N–H and O–H groups in total. The van der Waals surface area contributed by atoms with E-state index in [1.165, 1.54) is 17.6 Å². The van der Waals surface area contributed by atoms with Crippen molar-refractivity contribution in [2.24, 2.45) is 0 Å². The van der Waals surface area contributed by atoms with Crippen LogP contribution in [0.2, 0.25) is 0 Å². The lowest BCUT2D eigenvalue weighted by Gasteiger charge is -2.04. The van der Waals surface area contributed by atoms with Gasteiger partial charge in [-0.15, -0.1) is 11.3 Å². The summed E-state index contributed by atoms with van der Waals surface area (Å²) in [6, 6.07) is 5.46. The lowest BCUT2D eigenvalue weighted by Crippen LogP contribution is -2.36. The minimum Gasteiger partial charge on any atom is -0.467 e. The zero-order valence-corrected chi connectivity index (χ0v) is 13.6. The van der Waals surface area contributed by atoms with Gasteiger partial charge in [-0.05, 0) is 23.6 Å². The molecule has 23 heavy (non-hydrogen) atoms.